The number of benzene rings is 3. The van der Waals surface area contributed by atoms with Gasteiger partial charge in [-0.15, -0.1) is 0 Å². The third kappa shape index (κ3) is 4.49. The molecule has 0 aliphatic carbocycles. The van der Waals surface area contributed by atoms with Gasteiger partial charge in [0.25, 0.3) is 10.0 Å². The van der Waals surface area contributed by atoms with E-state index in [9.17, 15) is 8.42 Å². The molecule has 28 heavy (non-hydrogen) atoms. The zero-order chi connectivity index (χ0) is 20.1. The van der Waals surface area contributed by atoms with Crippen LogP contribution >= 0.6 is 11.6 Å². The summed E-state index contributed by atoms with van der Waals surface area (Å²) in [4.78, 5) is 0.275. The third-order valence-corrected chi connectivity index (χ3v) is 6.59. The number of rotatable bonds is 7. The average molecular weight is 416 g/mol. The molecule has 0 aromatic heterocycles. The first-order valence-electron chi connectivity index (χ1n) is 8.97. The van der Waals surface area contributed by atoms with E-state index in [1.807, 2.05) is 44.2 Å². The number of ether oxygens (including phenoxy) is 1. The molecule has 146 valence electrons. The van der Waals surface area contributed by atoms with Crippen molar-refractivity contribution in [1.29, 1.82) is 0 Å². The highest BCUT2D eigenvalue weighted by Gasteiger charge is 2.24. The van der Waals surface area contributed by atoms with Gasteiger partial charge >= 0.3 is 0 Å². The second kappa shape index (κ2) is 8.67. The van der Waals surface area contributed by atoms with E-state index in [-0.39, 0.29) is 4.90 Å². The van der Waals surface area contributed by atoms with E-state index in [1.54, 1.807) is 42.5 Å². The lowest BCUT2D eigenvalue weighted by molar-refractivity contribution is 0.306. The van der Waals surface area contributed by atoms with Crippen molar-refractivity contribution in [2.75, 3.05) is 10.8 Å². The molecule has 0 aliphatic heterocycles. The molecule has 0 heterocycles. The van der Waals surface area contributed by atoms with E-state index >= 15 is 0 Å². The number of nitrogens with zero attached hydrogens (tertiary/aromatic N) is 1. The Kier molecular flexibility index (Phi) is 6.27. The van der Waals surface area contributed by atoms with Crippen LogP contribution < -0.4 is 9.04 Å². The SMILES string of the molecule is CCN(c1cccc(OCc2ccccc2Cl)c1)S(=O)(=O)c1cccc(C)c1. The fourth-order valence-corrected chi connectivity index (χ4v) is 4.66. The zero-order valence-electron chi connectivity index (χ0n) is 15.8. The van der Waals surface area contributed by atoms with Crippen LogP contribution in [0.5, 0.6) is 5.75 Å². The third-order valence-electron chi connectivity index (χ3n) is 4.32. The van der Waals surface area contributed by atoms with Gasteiger partial charge in [0.15, 0.2) is 0 Å². The molecule has 6 heteroatoms. The van der Waals surface area contributed by atoms with Gasteiger partial charge in [-0.3, -0.25) is 4.31 Å². The van der Waals surface area contributed by atoms with E-state index in [0.717, 1.165) is 11.1 Å². The Bertz CT molecular complexity index is 1070. The Labute approximate surface area is 171 Å². The fourth-order valence-electron chi connectivity index (χ4n) is 2.90. The van der Waals surface area contributed by atoms with Crippen molar-refractivity contribution < 1.29 is 13.2 Å². The molecule has 0 fully saturated rings. The molecule has 0 unspecified atom stereocenters. The van der Waals surface area contributed by atoms with Gasteiger partial charge in [-0.1, -0.05) is 48.0 Å². The Hall–Kier alpha value is -2.50. The molecule has 3 aromatic rings. The first kappa shape index (κ1) is 20.2. The molecule has 0 atom stereocenters. The summed E-state index contributed by atoms with van der Waals surface area (Å²) in [5.74, 6) is 0.579. The highest BCUT2D eigenvalue weighted by Crippen LogP contribution is 2.28. The summed E-state index contributed by atoms with van der Waals surface area (Å²) in [6.45, 7) is 4.30. The van der Waals surface area contributed by atoms with Gasteiger partial charge in [-0.25, -0.2) is 8.42 Å². The summed E-state index contributed by atoms with van der Waals surface area (Å²) in [6.07, 6.45) is 0. The number of halogens is 1. The van der Waals surface area contributed by atoms with Gasteiger partial charge in [0.05, 0.1) is 10.6 Å². The lowest BCUT2D eigenvalue weighted by Gasteiger charge is -2.23. The summed E-state index contributed by atoms with van der Waals surface area (Å²) in [5, 5.41) is 0.635. The van der Waals surface area contributed by atoms with E-state index < -0.39 is 10.0 Å². The van der Waals surface area contributed by atoms with E-state index in [1.165, 1.54) is 4.31 Å². The predicted octanol–water partition coefficient (Wildman–Crippen LogP) is 5.44. The van der Waals surface area contributed by atoms with Crippen molar-refractivity contribution in [2.24, 2.45) is 0 Å². The van der Waals surface area contributed by atoms with Crippen molar-refractivity contribution in [1.82, 2.24) is 0 Å². The molecule has 0 saturated carbocycles. The Morgan fingerprint density at radius 3 is 2.43 bits per heavy atom. The topological polar surface area (TPSA) is 46.6 Å². The van der Waals surface area contributed by atoms with Crippen LogP contribution in [-0.4, -0.2) is 15.0 Å². The van der Waals surface area contributed by atoms with Crippen LogP contribution in [0.25, 0.3) is 0 Å². The van der Waals surface area contributed by atoms with Crippen molar-refractivity contribution in [3.8, 4) is 5.75 Å². The van der Waals surface area contributed by atoms with Crippen LogP contribution in [0.3, 0.4) is 0 Å². The number of hydrogen-bond acceptors (Lipinski definition) is 3. The minimum atomic E-state index is -3.66. The molecular formula is C22H22ClNO3S. The van der Waals surface area contributed by atoms with Gasteiger partial charge in [0.2, 0.25) is 0 Å². The van der Waals surface area contributed by atoms with Crippen molar-refractivity contribution >= 4 is 27.3 Å². The lowest BCUT2D eigenvalue weighted by Crippen LogP contribution is -2.30. The van der Waals surface area contributed by atoms with Crippen molar-refractivity contribution in [3.63, 3.8) is 0 Å². The second-order valence-corrected chi connectivity index (χ2v) is 8.63. The van der Waals surface area contributed by atoms with Gasteiger partial charge in [-0.05, 0) is 49.7 Å². The highest BCUT2D eigenvalue weighted by atomic mass is 35.5. The second-order valence-electron chi connectivity index (χ2n) is 6.36. The molecule has 0 saturated heterocycles. The predicted molar refractivity (Wildman–Crippen MR) is 114 cm³/mol. The summed E-state index contributed by atoms with van der Waals surface area (Å²) in [6, 6.07) is 21.5. The maximum atomic E-state index is 13.1. The van der Waals surface area contributed by atoms with Crippen LogP contribution in [0.15, 0.2) is 77.7 Å². The van der Waals surface area contributed by atoms with Gasteiger partial charge in [0, 0.05) is 23.2 Å². The lowest BCUT2D eigenvalue weighted by atomic mass is 10.2. The number of anilines is 1. The Balaban J connectivity index is 1.86. The standard InChI is InChI=1S/C22H22ClNO3S/c1-3-24(28(25,26)21-12-6-8-17(2)14-21)19-10-7-11-20(15-19)27-16-18-9-4-5-13-22(18)23/h4-15H,3,16H2,1-2H3. The molecule has 0 N–H and O–H groups in total. The van der Waals surface area contributed by atoms with E-state index in [0.29, 0.717) is 29.6 Å². The number of hydrogen-bond donors (Lipinski definition) is 0. The molecular weight excluding hydrogens is 394 g/mol. The smallest absolute Gasteiger partial charge is 0.264 e. The number of sulfonamides is 1. The molecule has 3 rings (SSSR count). The fraction of sp³-hybridized carbons (Fsp3) is 0.182. The molecule has 0 spiro atoms. The maximum Gasteiger partial charge on any atom is 0.264 e. The Morgan fingerprint density at radius 2 is 1.71 bits per heavy atom. The molecule has 0 radical (unpaired) electrons. The molecule has 0 amide bonds. The number of aryl methyl sites for hydroxylation is 1. The average Bonchev–Trinajstić information content (AvgIpc) is 2.68. The van der Waals surface area contributed by atoms with Gasteiger partial charge in [0.1, 0.15) is 12.4 Å². The quantitative estimate of drug-likeness (QED) is 0.516. The monoisotopic (exact) mass is 415 g/mol. The summed E-state index contributed by atoms with van der Waals surface area (Å²) >= 11 is 6.17. The Morgan fingerprint density at radius 1 is 0.964 bits per heavy atom. The van der Waals surface area contributed by atoms with Gasteiger partial charge < -0.3 is 4.74 Å². The first-order valence-corrected chi connectivity index (χ1v) is 10.8. The van der Waals surface area contributed by atoms with Crippen molar-refractivity contribution in [2.45, 2.75) is 25.3 Å². The molecule has 0 bridgehead atoms. The largest absolute Gasteiger partial charge is 0.489 e. The summed E-state index contributed by atoms with van der Waals surface area (Å²) < 4.78 is 33.5. The van der Waals surface area contributed by atoms with E-state index in [4.69, 9.17) is 16.3 Å². The summed E-state index contributed by atoms with van der Waals surface area (Å²) in [5.41, 5.74) is 2.32. The van der Waals surface area contributed by atoms with Crippen molar-refractivity contribution in [3.05, 3.63) is 88.9 Å². The van der Waals surface area contributed by atoms with E-state index in [2.05, 4.69) is 0 Å². The zero-order valence-corrected chi connectivity index (χ0v) is 17.4. The molecule has 3 aromatic carbocycles. The van der Waals surface area contributed by atoms with Crippen LogP contribution in [0, 0.1) is 6.92 Å². The maximum absolute atomic E-state index is 13.1. The normalized spacial score (nSPS) is 11.2. The molecule has 0 aliphatic rings. The summed E-state index contributed by atoms with van der Waals surface area (Å²) in [7, 11) is -3.66. The minimum absolute atomic E-state index is 0.275. The first-order chi connectivity index (χ1) is 13.4. The van der Waals surface area contributed by atoms with Gasteiger partial charge in [-0.2, -0.15) is 0 Å². The van der Waals surface area contributed by atoms with Crippen LogP contribution in [-0.2, 0) is 16.6 Å². The highest BCUT2D eigenvalue weighted by molar-refractivity contribution is 7.92. The van der Waals surface area contributed by atoms with Crippen LogP contribution in [0.2, 0.25) is 5.02 Å². The minimum Gasteiger partial charge on any atom is -0.489 e. The van der Waals surface area contributed by atoms with Crippen LogP contribution in [0.4, 0.5) is 5.69 Å². The van der Waals surface area contributed by atoms with Crippen LogP contribution in [0.1, 0.15) is 18.1 Å². The molecule has 4 nitrogen and oxygen atoms in total.